The molecule has 0 spiro atoms. The molecule has 2 atom stereocenters. The van der Waals surface area contributed by atoms with Gasteiger partial charge in [0.05, 0.1) is 6.54 Å². The fraction of sp³-hybridized carbons (Fsp3) is 0.938. The lowest BCUT2D eigenvalue weighted by Gasteiger charge is -2.40. The third-order valence-electron chi connectivity index (χ3n) is 5.80. The molecule has 2 N–H and O–H groups in total. The highest BCUT2D eigenvalue weighted by Gasteiger charge is 2.39. The van der Waals surface area contributed by atoms with E-state index in [0.29, 0.717) is 18.6 Å². The summed E-state index contributed by atoms with van der Waals surface area (Å²) in [6.07, 6.45) is 7.79. The van der Waals surface area contributed by atoms with E-state index < -0.39 is 0 Å². The molecule has 3 aliphatic rings. The summed E-state index contributed by atoms with van der Waals surface area (Å²) < 4.78 is 0. The van der Waals surface area contributed by atoms with Crippen molar-refractivity contribution in [3.05, 3.63) is 0 Å². The molecule has 3 aliphatic heterocycles. The number of piperidine rings is 2. The minimum atomic E-state index is 0.133. The van der Waals surface area contributed by atoms with Crippen LogP contribution in [0.15, 0.2) is 0 Å². The number of hydrogen-bond acceptors (Lipinski definition) is 4. The number of likely N-dealkylation sites (tertiary alicyclic amines) is 1. The van der Waals surface area contributed by atoms with Crippen molar-refractivity contribution in [3.63, 3.8) is 0 Å². The zero-order chi connectivity index (χ0) is 14.8. The lowest BCUT2D eigenvalue weighted by Crippen LogP contribution is -2.52. The normalized spacial score (nSPS) is 35.0. The van der Waals surface area contributed by atoms with Crippen molar-refractivity contribution in [2.45, 2.75) is 62.7 Å². The molecule has 5 heteroatoms. The Kier molecular flexibility index (Phi) is 4.82. The van der Waals surface area contributed by atoms with Gasteiger partial charge in [0.2, 0.25) is 5.91 Å². The third kappa shape index (κ3) is 3.58. The zero-order valence-electron chi connectivity index (χ0n) is 13.5. The van der Waals surface area contributed by atoms with Crippen LogP contribution in [0, 0.1) is 0 Å². The van der Waals surface area contributed by atoms with E-state index in [4.69, 9.17) is 0 Å². The summed E-state index contributed by atoms with van der Waals surface area (Å²) in [4.78, 5) is 16.3. The van der Waals surface area contributed by atoms with Crippen LogP contribution in [0.4, 0.5) is 0 Å². The molecule has 0 aromatic rings. The summed E-state index contributed by atoms with van der Waals surface area (Å²) in [6.45, 7) is 2.65. The summed E-state index contributed by atoms with van der Waals surface area (Å²) >= 11 is 0. The maximum absolute atomic E-state index is 11.4. The Morgan fingerprint density at radius 1 is 1.05 bits per heavy atom. The molecular weight excluding hydrogens is 264 g/mol. The Morgan fingerprint density at radius 3 is 2.24 bits per heavy atom. The van der Waals surface area contributed by atoms with Gasteiger partial charge >= 0.3 is 0 Å². The topological polar surface area (TPSA) is 47.6 Å². The number of nitrogens with one attached hydrogen (secondary N) is 2. The molecule has 3 fully saturated rings. The van der Waals surface area contributed by atoms with Gasteiger partial charge in [-0.3, -0.25) is 9.69 Å². The van der Waals surface area contributed by atoms with Gasteiger partial charge in [-0.15, -0.1) is 0 Å². The lowest BCUT2D eigenvalue weighted by molar-refractivity contribution is -0.122. The van der Waals surface area contributed by atoms with Crippen molar-refractivity contribution in [2.75, 3.05) is 33.7 Å². The van der Waals surface area contributed by atoms with Crippen LogP contribution in [-0.2, 0) is 4.79 Å². The summed E-state index contributed by atoms with van der Waals surface area (Å²) in [6, 6.07) is 3.00. The van der Waals surface area contributed by atoms with Crippen molar-refractivity contribution >= 4 is 5.91 Å². The van der Waals surface area contributed by atoms with Gasteiger partial charge in [0, 0.05) is 44.3 Å². The first-order valence-electron chi connectivity index (χ1n) is 8.56. The molecule has 0 radical (unpaired) electrons. The standard InChI is InChI=1S/C16H30N4O/c1-17-16(21)11-20-7-5-12(6-8-20)18-13-9-14-3-4-15(10-13)19(14)2/h12-15,18H,3-11H2,1-2H3,(H,17,21). The molecule has 3 saturated heterocycles. The minimum absolute atomic E-state index is 0.133. The van der Waals surface area contributed by atoms with E-state index in [0.717, 1.165) is 25.2 Å². The number of carbonyl (C=O) groups is 1. The summed E-state index contributed by atoms with van der Waals surface area (Å²) in [5.41, 5.74) is 0. The number of nitrogens with zero attached hydrogens (tertiary/aromatic N) is 2. The average molecular weight is 294 g/mol. The van der Waals surface area contributed by atoms with Crippen LogP contribution in [0.3, 0.4) is 0 Å². The monoisotopic (exact) mass is 294 g/mol. The second-order valence-electron chi connectivity index (χ2n) is 7.11. The van der Waals surface area contributed by atoms with Crippen LogP contribution in [0.25, 0.3) is 0 Å². The number of likely N-dealkylation sites (N-methyl/N-ethyl adjacent to an activating group) is 1. The van der Waals surface area contributed by atoms with E-state index in [-0.39, 0.29) is 5.91 Å². The number of fused-ring (bicyclic) bond motifs is 2. The van der Waals surface area contributed by atoms with Gasteiger partial charge in [-0.05, 0) is 45.6 Å². The fourth-order valence-corrected chi connectivity index (χ4v) is 4.42. The highest BCUT2D eigenvalue weighted by molar-refractivity contribution is 5.77. The van der Waals surface area contributed by atoms with Gasteiger partial charge < -0.3 is 15.5 Å². The molecule has 2 unspecified atom stereocenters. The predicted octanol–water partition coefficient (Wildman–Crippen LogP) is 0.412. The maximum Gasteiger partial charge on any atom is 0.233 e. The van der Waals surface area contributed by atoms with Crippen LogP contribution in [0.2, 0.25) is 0 Å². The minimum Gasteiger partial charge on any atom is -0.358 e. The van der Waals surface area contributed by atoms with Gasteiger partial charge in [0.15, 0.2) is 0 Å². The van der Waals surface area contributed by atoms with Gasteiger partial charge in [0.25, 0.3) is 0 Å². The fourth-order valence-electron chi connectivity index (χ4n) is 4.42. The van der Waals surface area contributed by atoms with Crippen molar-refractivity contribution in [1.29, 1.82) is 0 Å². The molecule has 0 saturated carbocycles. The summed E-state index contributed by atoms with van der Waals surface area (Å²) in [7, 11) is 4.01. The lowest BCUT2D eigenvalue weighted by atomic mass is 9.95. The first-order chi connectivity index (χ1) is 10.2. The first-order valence-corrected chi connectivity index (χ1v) is 8.56. The predicted molar refractivity (Wildman–Crippen MR) is 84.3 cm³/mol. The van der Waals surface area contributed by atoms with Crippen LogP contribution < -0.4 is 10.6 Å². The number of rotatable bonds is 4. The van der Waals surface area contributed by atoms with Gasteiger partial charge in [0.1, 0.15) is 0 Å². The Morgan fingerprint density at radius 2 is 1.67 bits per heavy atom. The van der Waals surface area contributed by atoms with Gasteiger partial charge in [-0.1, -0.05) is 0 Å². The van der Waals surface area contributed by atoms with Gasteiger partial charge in [-0.2, -0.15) is 0 Å². The highest BCUT2D eigenvalue weighted by Crippen LogP contribution is 2.34. The molecule has 0 aromatic carbocycles. The average Bonchev–Trinajstić information content (AvgIpc) is 2.71. The molecule has 21 heavy (non-hydrogen) atoms. The van der Waals surface area contributed by atoms with E-state index >= 15 is 0 Å². The second-order valence-corrected chi connectivity index (χ2v) is 7.11. The van der Waals surface area contributed by atoms with Crippen molar-refractivity contribution in [2.24, 2.45) is 0 Å². The van der Waals surface area contributed by atoms with Crippen LogP contribution in [0.1, 0.15) is 38.5 Å². The summed E-state index contributed by atoms with van der Waals surface area (Å²) in [5.74, 6) is 0.133. The highest BCUT2D eigenvalue weighted by atomic mass is 16.1. The van der Waals surface area contributed by atoms with Crippen LogP contribution in [-0.4, -0.2) is 73.6 Å². The Hall–Kier alpha value is -0.650. The van der Waals surface area contributed by atoms with Crippen LogP contribution >= 0.6 is 0 Å². The van der Waals surface area contributed by atoms with Crippen molar-refractivity contribution in [1.82, 2.24) is 20.4 Å². The molecule has 2 bridgehead atoms. The molecule has 3 heterocycles. The molecule has 0 aromatic heterocycles. The molecule has 5 nitrogen and oxygen atoms in total. The number of amides is 1. The SMILES string of the molecule is CNC(=O)CN1CCC(NC2CC3CCC(C2)N3C)CC1. The molecule has 3 rings (SSSR count). The number of hydrogen-bond donors (Lipinski definition) is 2. The number of carbonyl (C=O) groups excluding carboxylic acids is 1. The van der Waals surface area contributed by atoms with Crippen LogP contribution in [0.5, 0.6) is 0 Å². The smallest absolute Gasteiger partial charge is 0.233 e. The molecular formula is C16H30N4O. The Labute approximate surface area is 128 Å². The van der Waals surface area contributed by atoms with E-state index in [1.165, 1.54) is 38.5 Å². The molecule has 120 valence electrons. The quantitative estimate of drug-likeness (QED) is 0.788. The van der Waals surface area contributed by atoms with E-state index in [2.05, 4.69) is 27.5 Å². The summed E-state index contributed by atoms with van der Waals surface area (Å²) in [5, 5.41) is 6.62. The van der Waals surface area contributed by atoms with E-state index in [1.807, 2.05) is 0 Å². The van der Waals surface area contributed by atoms with Crippen molar-refractivity contribution < 1.29 is 4.79 Å². The van der Waals surface area contributed by atoms with E-state index in [9.17, 15) is 4.79 Å². The Bertz CT molecular complexity index is 353. The van der Waals surface area contributed by atoms with E-state index in [1.54, 1.807) is 7.05 Å². The maximum atomic E-state index is 11.4. The third-order valence-corrected chi connectivity index (χ3v) is 5.80. The van der Waals surface area contributed by atoms with Gasteiger partial charge in [-0.25, -0.2) is 0 Å². The van der Waals surface area contributed by atoms with Crippen molar-refractivity contribution in [3.8, 4) is 0 Å². The Balaban J connectivity index is 1.41. The second kappa shape index (κ2) is 6.63. The zero-order valence-corrected chi connectivity index (χ0v) is 13.5. The molecule has 0 aliphatic carbocycles. The molecule has 1 amide bonds. The largest absolute Gasteiger partial charge is 0.358 e. The first kappa shape index (κ1) is 15.3.